The van der Waals surface area contributed by atoms with Crippen LogP contribution >= 0.6 is 0 Å². The van der Waals surface area contributed by atoms with E-state index in [-0.39, 0.29) is 19.3 Å². The Labute approximate surface area is 62.7 Å². The van der Waals surface area contributed by atoms with Gasteiger partial charge in [0.2, 0.25) is 0 Å². The summed E-state index contributed by atoms with van der Waals surface area (Å²) in [7, 11) is 0. The molecule has 2 atom stereocenters. The van der Waals surface area contributed by atoms with E-state index in [2.05, 4.69) is 5.32 Å². The van der Waals surface area contributed by atoms with E-state index in [9.17, 15) is 13.2 Å². The summed E-state index contributed by atoms with van der Waals surface area (Å²) in [6.45, 7) is 1.73. The lowest BCUT2D eigenvalue weighted by Gasteiger charge is -2.29. The van der Waals surface area contributed by atoms with Crippen LogP contribution in [0.1, 0.15) is 6.92 Å². The summed E-state index contributed by atoms with van der Waals surface area (Å²) >= 11 is 0. The van der Waals surface area contributed by atoms with Crippen molar-refractivity contribution in [3.63, 3.8) is 0 Å². The summed E-state index contributed by atoms with van der Waals surface area (Å²) in [5.74, 6) is 0. The average molecular weight is 169 g/mol. The minimum Gasteiger partial charge on any atom is -0.375 e. The van der Waals surface area contributed by atoms with Gasteiger partial charge in [0, 0.05) is 6.54 Å². The first-order valence-electron chi connectivity index (χ1n) is 3.42. The van der Waals surface area contributed by atoms with Crippen molar-refractivity contribution in [2.75, 3.05) is 13.2 Å². The van der Waals surface area contributed by atoms with Gasteiger partial charge in [-0.3, -0.25) is 0 Å². The predicted octanol–water partition coefficient (Wildman–Crippen LogP) is 0.926. The van der Waals surface area contributed by atoms with Gasteiger partial charge < -0.3 is 10.1 Å². The summed E-state index contributed by atoms with van der Waals surface area (Å²) in [6.07, 6.45) is -4.30. The van der Waals surface area contributed by atoms with E-state index in [1.807, 2.05) is 0 Å². The van der Waals surface area contributed by atoms with E-state index in [0.29, 0.717) is 0 Å². The Balaban J connectivity index is 2.39. The van der Waals surface area contributed by atoms with Gasteiger partial charge in [-0.2, -0.15) is 13.2 Å². The molecule has 0 spiro atoms. The number of nitrogens with one attached hydrogen (secondary N) is 1. The van der Waals surface area contributed by atoms with E-state index in [1.54, 1.807) is 6.92 Å². The maximum absolute atomic E-state index is 11.9. The summed E-state index contributed by atoms with van der Waals surface area (Å²) < 4.78 is 40.6. The van der Waals surface area contributed by atoms with Crippen LogP contribution in [0.25, 0.3) is 0 Å². The summed E-state index contributed by atoms with van der Waals surface area (Å²) in [5.41, 5.74) is 0. The van der Waals surface area contributed by atoms with Crippen molar-refractivity contribution in [3.05, 3.63) is 0 Å². The van der Waals surface area contributed by atoms with Crippen LogP contribution in [0.4, 0.5) is 13.2 Å². The maximum atomic E-state index is 11.9. The molecule has 0 aromatic heterocycles. The molecule has 0 saturated carbocycles. The third-order valence-electron chi connectivity index (χ3n) is 1.59. The first-order valence-corrected chi connectivity index (χ1v) is 3.42. The van der Waals surface area contributed by atoms with Gasteiger partial charge in [0.25, 0.3) is 0 Å². The summed E-state index contributed by atoms with van der Waals surface area (Å²) in [4.78, 5) is 0. The number of hydrogen-bond acceptors (Lipinski definition) is 2. The zero-order valence-corrected chi connectivity index (χ0v) is 6.11. The fraction of sp³-hybridized carbons (Fsp3) is 1.00. The minimum atomic E-state index is -4.18. The molecule has 5 heteroatoms. The van der Waals surface area contributed by atoms with E-state index >= 15 is 0 Å². The highest BCUT2D eigenvalue weighted by Gasteiger charge is 2.41. The lowest BCUT2D eigenvalue weighted by molar-refractivity contribution is -0.182. The number of hydrogen-bond donors (Lipinski definition) is 1. The molecule has 0 bridgehead atoms. The molecule has 1 aliphatic heterocycles. The average Bonchev–Trinajstić information content (AvgIpc) is 1.86. The summed E-state index contributed by atoms with van der Waals surface area (Å²) in [5, 5.41) is 2.36. The van der Waals surface area contributed by atoms with Gasteiger partial charge in [0.15, 0.2) is 0 Å². The second-order valence-corrected chi connectivity index (χ2v) is 2.65. The van der Waals surface area contributed by atoms with Gasteiger partial charge in [0.05, 0.1) is 12.7 Å². The van der Waals surface area contributed by atoms with Gasteiger partial charge in [-0.25, -0.2) is 0 Å². The van der Waals surface area contributed by atoms with Gasteiger partial charge in [-0.1, -0.05) is 0 Å². The molecular weight excluding hydrogens is 159 g/mol. The maximum Gasteiger partial charge on any atom is 0.406 e. The monoisotopic (exact) mass is 169 g/mol. The van der Waals surface area contributed by atoms with Crippen LogP contribution in [-0.4, -0.2) is 31.5 Å². The first kappa shape index (κ1) is 8.80. The zero-order chi connectivity index (χ0) is 8.48. The lowest BCUT2D eigenvalue weighted by Crippen LogP contribution is -2.52. The number of ether oxygens (including phenoxy) is 1. The third-order valence-corrected chi connectivity index (χ3v) is 1.59. The molecule has 1 fully saturated rings. The second kappa shape index (κ2) is 2.98. The molecule has 1 aliphatic rings. The van der Waals surface area contributed by atoms with Crippen molar-refractivity contribution in [3.8, 4) is 0 Å². The van der Waals surface area contributed by atoms with Crippen LogP contribution in [0.3, 0.4) is 0 Å². The molecule has 1 N–H and O–H groups in total. The zero-order valence-electron chi connectivity index (χ0n) is 6.11. The Morgan fingerprint density at radius 3 is 2.45 bits per heavy atom. The topological polar surface area (TPSA) is 21.3 Å². The normalized spacial score (nSPS) is 33.8. The fourth-order valence-electron chi connectivity index (χ4n) is 0.897. The van der Waals surface area contributed by atoms with E-state index in [0.717, 1.165) is 0 Å². The van der Waals surface area contributed by atoms with Gasteiger partial charge in [-0.05, 0) is 6.92 Å². The van der Waals surface area contributed by atoms with Gasteiger partial charge >= 0.3 is 6.18 Å². The van der Waals surface area contributed by atoms with Crippen LogP contribution in [-0.2, 0) is 4.74 Å². The van der Waals surface area contributed by atoms with Crippen LogP contribution in [0.2, 0.25) is 0 Å². The van der Waals surface area contributed by atoms with E-state index in [4.69, 9.17) is 4.74 Å². The highest BCUT2D eigenvalue weighted by atomic mass is 19.4. The first-order chi connectivity index (χ1) is 5.00. The largest absolute Gasteiger partial charge is 0.406 e. The van der Waals surface area contributed by atoms with E-state index < -0.39 is 12.2 Å². The highest BCUT2D eigenvalue weighted by molar-refractivity contribution is 4.79. The molecule has 0 aliphatic carbocycles. The van der Waals surface area contributed by atoms with Crippen molar-refractivity contribution < 1.29 is 17.9 Å². The molecule has 1 heterocycles. The highest BCUT2D eigenvalue weighted by Crippen LogP contribution is 2.22. The molecule has 0 radical (unpaired) electrons. The van der Waals surface area contributed by atoms with Crippen LogP contribution in [0.5, 0.6) is 0 Å². The fourth-order valence-corrected chi connectivity index (χ4v) is 0.897. The Morgan fingerprint density at radius 1 is 1.45 bits per heavy atom. The lowest BCUT2D eigenvalue weighted by atomic mass is 10.2. The smallest absolute Gasteiger partial charge is 0.375 e. The third kappa shape index (κ3) is 2.34. The Kier molecular flexibility index (Phi) is 2.39. The summed E-state index contributed by atoms with van der Waals surface area (Å²) in [6, 6.07) is -1.49. The number of alkyl halides is 3. The number of halogens is 3. The van der Waals surface area contributed by atoms with Crippen molar-refractivity contribution in [2.24, 2.45) is 0 Å². The molecular formula is C6H10F3NO. The number of rotatable bonds is 0. The predicted molar refractivity (Wildman–Crippen MR) is 33.3 cm³/mol. The molecule has 1 saturated heterocycles. The molecule has 0 amide bonds. The molecule has 0 aromatic rings. The van der Waals surface area contributed by atoms with Crippen molar-refractivity contribution in [2.45, 2.75) is 25.2 Å². The minimum absolute atomic E-state index is 0.117. The van der Waals surface area contributed by atoms with Crippen molar-refractivity contribution in [1.29, 1.82) is 0 Å². The Hall–Kier alpha value is -0.290. The molecule has 1 rings (SSSR count). The number of morpholine rings is 1. The standard InChI is InChI=1S/C6H10F3NO/c1-4-2-10-5(3-11-4)6(7,8)9/h4-5,10H,2-3H2,1H3/t4-,5-/m0/s1. The van der Waals surface area contributed by atoms with Crippen molar-refractivity contribution in [1.82, 2.24) is 5.32 Å². The van der Waals surface area contributed by atoms with Crippen LogP contribution in [0.15, 0.2) is 0 Å². The molecule has 0 aromatic carbocycles. The SMILES string of the molecule is C[C@H]1CN[C@H](C(F)(F)F)CO1. The van der Waals surface area contributed by atoms with E-state index in [1.165, 1.54) is 0 Å². The molecule has 2 nitrogen and oxygen atoms in total. The Bertz CT molecular complexity index is 128. The quantitative estimate of drug-likeness (QED) is 0.582. The molecule has 0 unspecified atom stereocenters. The molecule has 66 valence electrons. The Morgan fingerprint density at radius 2 is 2.09 bits per heavy atom. The van der Waals surface area contributed by atoms with Gasteiger partial charge in [-0.15, -0.1) is 0 Å². The van der Waals surface area contributed by atoms with Crippen molar-refractivity contribution >= 4 is 0 Å². The second-order valence-electron chi connectivity index (χ2n) is 2.65. The van der Waals surface area contributed by atoms with Gasteiger partial charge in [0.1, 0.15) is 6.04 Å². The van der Waals surface area contributed by atoms with Crippen LogP contribution in [0, 0.1) is 0 Å². The van der Waals surface area contributed by atoms with Crippen LogP contribution < -0.4 is 5.32 Å². The molecule has 11 heavy (non-hydrogen) atoms.